The van der Waals surface area contributed by atoms with Crippen LogP contribution in [0.3, 0.4) is 0 Å². The molecule has 1 N–H and O–H groups in total. The van der Waals surface area contributed by atoms with Crippen molar-refractivity contribution in [2.75, 3.05) is 33.2 Å². The van der Waals surface area contributed by atoms with Crippen molar-refractivity contribution < 1.29 is 0 Å². The number of piperazine rings is 1. The van der Waals surface area contributed by atoms with Gasteiger partial charge in [0.1, 0.15) is 0 Å². The number of aromatic nitrogens is 2. The molecule has 1 fully saturated rings. The third-order valence-corrected chi connectivity index (χ3v) is 5.74. The van der Waals surface area contributed by atoms with Crippen molar-refractivity contribution in [3.63, 3.8) is 0 Å². The van der Waals surface area contributed by atoms with Gasteiger partial charge in [-0.25, -0.2) is 0 Å². The minimum Gasteiger partial charge on any atom is -0.342 e. The lowest BCUT2D eigenvalue weighted by atomic mass is 10.1. The second-order valence-corrected chi connectivity index (χ2v) is 8.14. The van der Waals surface area contributed by atoms with E-state index >= 15 is 0 Å². The predicted molar refractivity (Wildman–Crippen MR) is 103 cm³/mol. The summed E-state index contributed by atoms with van der Waals surface area (Å²) < 4.78 is 2.56. The molecule has 2 aliphatic heterocycles. The predicted octanol–water partition coefficient (Wildman–Crippen LogP) is 2.01. The van der Waals surface area contributed by atoms with Crippen LogP contribution in [0, 0.1) is 6.92 Å². The molecule has 25 heavy (non-hydrogen) atoms. The van der Waals surface area contributed by atoms with Gasteiger partial charge in [-0.3, -0.25) is 9.88 Å². The van der Waals surface area contributed by atoms with Gasteiger partial charge >= 0.3 is 0 Å². The Kier molecular flexibility index (Phi) is 4.56. The standard InChI is InChI=1S/C20H31N5/c1-14-9-17-18-13-23(4)6-5-19(18)25(20(17)10-21-14)8-7-24-11-15(2)22-16(3)12-24/h9-10,15-16,22H,5-8,11-13H2,1-4H3/t15-,16+. The van der Waals surface area contributed by atoms with Crippen LogP contribution in [-0.4, -0.2) is 64.7 Å². The van der Waals surface area contributed by atoms with Crippen molar-refractivity contribution >= 4 is 10.9 Å². The highest BCUT2D eigenvalue weighted by Crippen LogP contribution is 2.30. The van der Waals surface area contributed by atoms with Gasteiger partial charge in [0.25, 0.3) is 0 Å². The maximum Gasteiger partial charge on any atom is 0.0673 e. The maximum atomic E-state index is 4.59. The first kappa shape index (κ1) is 17.0. The summed E-state index contributed by atoms with van der Waals surface area (Å²) in [4.78, 5) is 9.64. The summed E-state index contributed by atoms with van der Waals surface area (Å²) >= 11 is 0. The van der Waals surface area contributed by atoms with Crippen molar-refractivity contribution in [3.8, 4) is 0 Å². The molecule has 0 saturated carbocycles. The monoisotopic (exact) mass is 341 g/mol. The van der Waals surface area contributed by atoms with E-state index in [1.807, 2.05) is 0 Å². The molecule has 0 bridgehead atoms. The fraction of sp³-hybridized carbons (Fsp3) is 0.650. The minimum atomic E-state index is 0.581. The van der Waals surface area contributed by atoms with Gasteiger partial charge in [0.15, 0.2) is 0 Å². The number of nitrogens with one attached hydrogen (secondary N) is 1. The average Bonchev–Trinajstić information content (AvgIpc) is 2.84. The zero-order valence-electron chi connectivity index (χ0n) is 16.0. The molecule has 1 saturated heterocycles. The molecule has 0 radical (unpaired) electrons. The smallest absolute Gasteiger partial charge is 0.0673 e. The Bertz CT molecular complexity index is 755. The molecule has 5 nitrogen and oxygen atoms in total. The van der Waals surface area contributed by atoms with Gasteiger partial charge in [-0.2, -0.15) is 0 Å². The largest absolute Gasteiger partial charge is 0.342 e. The highest BCUT2D eigenvalue weighted by molar-refractivity contribution is 5.85. The summed E-state index contributed by atoms with van der Waals surface area (Å²) in [7, 11) is 2.23. The fourth-order valence-corrected chi connectivity index (χ4v) is 4.70. The molecule has 0 aromatic carbocycles. The van der Waals surface area contributed by atoms with E-state index in [4.69, 9.17) is 0 Å². The van der Waals surface area contributed by atoms with E-state index in [0.717, 1.165) is 51.4 Å². The molecular formula is C20H31N5. The van der Waals surface area contributed by atoms with Crippen molar-refractivity contribution in [2.45, 2.75) is 52.4 Å². The number of hydrogen-bond acceptors (Lipinski definition) is 4. The first-order valence-corrected chi connectivity index (χ1v) is 9.65. The van der Waals surface area contributed by atoms with E-state index in [1.54, 1.807) is 0 Å². The first-order chi connectivity index (χ1) is 12.0. The lowest BCUT2D eigenvalue weighted by molar-refractivity contribution is 0.168. The SMILES string of the molecule is Cc1cc2c3c(n(CCN4C[C@@H](C)N[C@@H](C)C4)c2cn1)CCN(C)C3. The number of aryl methyl sites for hydroxylation is 1. The Labute approximate surface area is 151 Å². The third kappa shape index (κ3) is 3.33. The quantitative estimate of drug-likeness (QED) is 0.927. The van der Waals surface area contributed by atoms with Gasteiger partial charge in [-0.15, -0.1) is 0 Å². The van der Waals surface area contributed by atoms with Gasteiger partial charge in [-0.1, -0.05) is 0 Å². The molecule has 2 aromatic rings. The summed E-state index contributed by atoms with van der Waals surface area (Å²) in [6, 6.07) is 3.44. The van der Waals surface area contributed by atoms with Crippen molar-refractivity contribution in [2.24, 2.45) is 0 Å². The van der Waals surface area contributed by atoms with Gasteiger partial charge in [-0.05, 0) is 39.4 Å². The Morgan fingerprint density at radius 1 is 1.20 bits per heavy atom. The van der Waals surface area contributed by atoms with E-state index in [0.29, 0.717) is 12.1 Å². The molecule has 5 heteroatoms. The normalized spacial score (nSPS) is 25.4. The Morgan fingerprint density at radius 3 is 2.72 bits per heavy atom. The first-order valence-electron chi connectivity index (χ1n) is 9.65. The van der Waals surface area contributed by atoms with Gasteiger partial charge in [0, 0.05) is 74.5 Å². The number of likely N-dealkylation sites (N-methyl/N-ethyl adjacent to an activating group) is 1. The van der Waals surface area contributed by atoms with Crippen LogP contribution in [0.1, 0.15) is 30.8 Å². The highest BCUT2D eigenvalue weighted by atomic mass is 15.2. The van der Waals surface area contributed by atoms with Crippen LogP contribution in [0.5, 0.6) is 0 Å². The van der Waals surface area contributed by atoms with E-state index in [9.17, 15) is 0 Å². The van der Waals surface area contributed by atoms with Crippen LogP contribution in [-0.2, 0) is 19.5 Å². The van der Waals surface area contributed by atoms with Gasteiger partial charge < -0.3 is 14.8 Å². The summed E-state index contributed by atoms with van der Waals surface area (Å²) in [6.07, 6.45) is 3.24. The Hall–Kier alpha value is -1.43. The van der Waals surface area contributed by atoms with Crippen LogP contribution < -0.4 is 5.32 Å². The second kappa shape index (κ2) is 6.71. The van der Waals surface area contributed by atoms with Crippen LogP contribution in [0.4, 0.5) is 0 Å². The molecule has 0 spiro atoms. The van der Waals surface area contributed by atoms with Crippen LogP contribution in [0.2, 0.25) is 0 Å². The van der Waals surface area contributed by atoms with Crippen LogP contribution in [0.25, 0.3) is 10.9 Å². The zero-order valence-corrected chi connectivity index (χ0v) is 16.0. The maximum absolute atomic E-state index is 4.59. The van der Waals surface area contributed by atoms with E-state index < -0.39 is 0 Å². The van der Waals surface area contributed by atoms with Gasteiger partial charge in [0.2, 0.25) is 0 Å². The van der Waals surface area contributed by atoms with Crippen LogP contribution >= 0.6 is 0 Å². The summed E-state index contributed by atoms with van der Waals surface area (Å²) in [5.41, 5.74) is 5.50. The number of fused-ring (bicyclic) bond motifs is 3. The Morgan fingerprint density at radius 2 is 1.96 bits per heavy atom. The fourth-order valence-electron chi connectivity index (χ4n) is 4.70. The molecule has 4 heterocycles. The molecule has 2 aliphatic rings. The molecule has 2 atom stereocenters. The van der Waals surface area contributed by atoms with E-state index in [-0.39, 0.29) is 0 Å². The minimum absolute atomic E-state index is 0.581. The van der Waals surface area contributed by atoms with E-state index in [2.05, 4.69) is 64.7 Å². The summed E-state index contributed by atoms with van der Waals surface area (Å²) in [5, 5.41) is 5.04. The molecule has 0 amide bonds. The number of pyridine rings is 1. The summed E-state index contributed by atoms with van der Waals surface area (Å²) in [5.74, 6) is 0. The topological polar surface area (TPSA) is 36.3 Å². The number of nitrogens with zero attached hydrogens (tertiary/aromatic N) is 4. The lowest BCUT2D eigenvalue weighted by Crippen LogP contribution is -2.54. The van der Waals surface area contributed by atoms with Crippen molar-refractivity contribution in [1.29, 1.82) is 0 Å². The van der Waals surface area contributed by atoms with E-state index in [1.165, 1.54) is 22.2 Å². The molecule has 2 aromatic heterocycles. The van der Waals surface area contributed by atoms with Crippen LogP contribution in [0.15, 0.2) is 12.3 Å². The number of hydrogen-bond donors (Lipinski definition) is 1. The van der Waals surface area contributed by atoms with Crippen molar-refractivity contribution in [1.82, 2.24) is 24.7 Å². The molecular weight excluding hydrogens is 310 g/mol. The lowest BCUT2D eigenvalue weighted by Gasteiger charge is -2.36. The molecule has 0 unspecified atom stereocenters. The zero-order chi connectivity index (χ0) is 17.6. The average molecular weight is 342 g/mol. The van der Waals surface area contributed by atoms with Crippen molar-refractivity contribution in [3.05, 3.63) is 29.2 Å². The number of rotatable bonds is 3. The Balaban J connectivity index is 1.63. The molecule has 4 rings (SSSR count). The summed E-state index contributed by atoms with van der Waals surface area (Å²) in [6.45, 7) is 13.4. The molecule has 136 valence electrons. The third-order valence-electron chi connectivity index (χ3n) is 5.74. The molecule has 0 aliphatic carbocycles. The highest BCUT2D eigenvalue weighted by Gasteiger charge is 2.24. The second-order valence-electron chi connectivity index (χ2n) is 8.14. The van der Waals surface area contributed by atoms with Gasteiger partial charge in [0.05, 0.1) is 11.7 Å².